The maximum Gasteiger partial charge on any atom is 0.335 e. The molecule has 5 rings (SSSR count). The van der Waals surface area contributed by atoms with Gasteiger partial charge >= 0.3 is 17.9 Å². The molecule has 2 aliphatic heterocycles. The molecule has 2 aliphatic rings. The Bertz CT molecular complexity index is 1390. The maximum atomic E-state index is 13.5. The Morgan fingerprint density at radius 1 is 0.694 bits per heavy atom. The van der Waals surface area contributed by atoms with Crippen LogP contribution in [0.1, 0.15) is 42.6 Å². The summed E-state index contributed by atoms with van der Waals surface area (Å²) >= 11 is 0. The third-order valence-electron chi connectivity index (χ3n) is 6.22. The third-order valence-corrected chi connectivity index (χ3v) is 6.22. The number of rotatable bonds is 4. The molecule has 10 heteroatoms. The van der Waals surface area contributed by atoms with Crippen LogP contribution in [0.4, 0.5) is 0 Å². The van der Waals surface area contributed by atoms with Crippen LogP contribution in [0.15, 0.2) is 60.7 Å². The summed E-state index contributed by atoms with van der Waals surface area (Å²) in [6.07, 6.45) is 0. The molecule has 0 aromatic heterocycles. The summed E-state index contributed by atoms with van der Waals surface area (Å²) in [5, 5.41) is 28.6. The van der Waals surface area contributed by atoms with Crippen molar-refractivity contribution >= 4 is 29.5 Å². The first kappa shape index (κ1) is 22.8. The largest absolute Gasteiger partial charge is 0.508 e. The van der Waals surface area contributed by atoms with Gasteiger partial charge in [0, 0.05) is 18.1 Å². The van der Waals surface area contributed by atoms with Gasteiger partial charge in [0.15, 0.2) is 11.6 Å². The van der Waals surface area contributed by atoms with Crippen LogP contribution in [0, 0.1) is 11.8 Å². The highest BCUT2D eigenvalue weighted by Gasteiger charge is 2.52. The Morgan fingerprint density at radius 2 is 1.14 bits per heavy atom. The second-order valence-corrected chi connectivity index (χ2v) is 8.34. The highest BCUT2D eigenvalue weighted by molar-refractivity contribution is 6.18. The van der Waals surface area contributed by atoms with E-state index < -0.39 is 47.2 Å². The first-order valence-corrected chi connectivity index (χ1v) is 10.7. The summed E-state index contributed by atoms with van der Waals surface area (Å²) in [6, 6.07) is 12.2. The molecule has 3 aromatic carbocycles. The fourth-order valence-corrected chi connectivity index (χ4v) is 4.54. The lowest BCUT2D eigenvalue weighted by Crippen LogP contribution is -2.46. The summed E-state index contributed by atoms with van der Waals surface area (Å²) in [5.74, 6) is -10.3. The van der Waals surface area contributed by atoms with E-state index in [0.29, 0.717) is 0 Å². The van der Waals surface area contributed by atoms with E-state index in [-0.39, 0.29) is 45.3 Å². The molecule has 0 saturated heterocycles. The molecular weight excluding hydrogens is 472 g/mol. The Morgan fingerprint density at radius 3 is 1.56 bits per heavy atom. The Balaban J connectivity index is 1.66. The second kappa shape index (κ2) is 8.35. The number of benzene rings is 3. The van der Waals surface area contributed by atoms with Crippen LogP contribution in [0.25, 0.3) is 0 Å². The van der Waals surface area contributed by atoms with Crippen LogP contribution in [0.2, 0.25) is 0 Å². The van der Waals surface area contributed by atoms with Crippen molar-refractivity contribution in [1.82, 2.24) is 0 Å². The topological polar surface area (TPSA) is 164 Å². The van der Waals surface area contributed by atoms with E-state index in [1.807, 2.05) is 0 Å². The van der Waals surface area contributed by atoms with Gasteiger partial charge in [0.2, 0.25) is 0 Å². The molecule has 2 atom stereocenters. The summed E-state index contributed by atoms with van der Waals surface area (Å²) in [5.41, 5.74) is 0.00213. The molecule has 0 saturated carbocycles. The van der Waals surface area contributed by atoms with Crippen molar-refractivity contribution in [1.29, 1.82) is 0 Å². The van der Waals surface area contributed by atoms with Crippen molar-refractivity contribution in [3.63, 3.8) is 0 Å². The fourth-order valence-electron chi connectivity index (χ4n) is 4.54. The summed E-state index contributed by atoms with van der Waals surface area (Å²) < 4.78 is 10.6. The molecule has 0 bridgehead atoms. The standard InChI is InChI=1S/C26H16O10/c27-13-5-7-15-17(9-13)35-25(33)20(22(15)29)19(11-1-3-12(4-2-11)24(31)32)21-23(30)16-8-6-14(28)10-18(16)36-26(21)34/h1-10,19-21,27-28H,(H,31,32). The van der Waals surface area contributed by atoms with E-state index in [9.17, 15) is 39.3 Å². The number of ketones is 2. The molecule has 0 fully saturated rings. The number of Topliss-reactive ketones (excluding diaryl/α,β-unsaturated/α-hetero) is 2. The fraction of sp³-hybridized carbons (Fsp3) is 0.115. The molecule has 10 nitrogen and oxygen atoms in total. The molecule has 2 heterocycles. The van der Waals surface area contributed by atoms with Crippen molar-refractivity contribution in [3.05, 3.63) is 82.9 Å². The number of hydrogen-bond acceptors (Lipinski definition) is 9. The molecule has 0 radical (unpaired) electrons. The molecule has 2 unspecified atom stereocenters. The van der Waals surface area contributed by atoms with Crippen LogP contribution in [0.5, 0.6) is 23.0 Å². The number of aromatic hydroxyl groups is 2. The number of phenols is 2. The van der Waals surface area contributed by atoms with Crippen molar-refractivity contribution in [2.24, 2.45) is 11.8 Å². The SMILES string of the molecule is O=C(O)c1ccc(C(C2C(=O)Oc3cc(O)ccc3C2=O)C2C(=O)Oc3cc(O)ccc3C2=O)cc1. The lowest BCUT2D eigenvalue weighted by atomic mass is 9.70. The normalized spacial score (nSPS) is 19.6. The first-order chi connectivity index (χ1) is 17.2. The molecule has 0 spiro atoms. The molecule has 0 aliphatic carbocycles. The van der Waals surface area contributed by atoms with Crippen LogP contribution in [-0.4, -0.2) is 44.8 Å². The molecule has 36 heavy (non-hydrogen) atoms. The predicted molar refractivity (Wildman–Crippen MR) is 119 cm³/mol. The zero-order chi connectivity index (χ0) is 25.7. The van der Waals surface area contributed by atoms with Gasteiger partial charge in [0.1, 0.15) is 34.8 Å². The zero-order valence-electron chi connectivity index (χ0n) is 18.2. The maximum absolute atomic E-state index is 13.5. The minimum Gasteiger partial charge on any atom is -0.508 e. The number of carboxylic acid groups (broad SMARTS) is 1. The quantitative estimate of drug-likeness (QED) is 0.282. The van der Waals surface area contributed by atoms with Crippen LogP contribution < -0.4 is 9.47 Å². The molecule has 180 valence electrons. The van der Waals surface area contributed by atoms with E-state index in [1.54, 1.807) is 0 Å². The van der Waals surface area contributed by atoms with Gasteiger partial charge in [0.25, 0.3) is 0 Å². The summed E-state index contributed by atoms with van der Waals surface area (Å²) in [4.78, 5) is 64.5. The predicted octanol–water partition coefficient (Wildman–Crippen LogP) is 2.72. The Hall–Kier alpha value is -4.99. The van der Waals surface area contributed by atoms with Gasteiger partial charge in [-0.3, -0.25) is 19.2 Å². The number of phenolic OH excluding ortho intramolecular Hbond substituents is 2. The van der Waals surface area contributed by atoms with E-state index in [0.717, 1.165) is 12.1 Å². The van der Waals surface area contributed by atoms with Gasteiger partial charge in [-0.15, -0.1) is 0 Å². The van der Waals surface area contributed by atoms with Gasteiger partial charge in [0.05, 0.1) is 16.7 Å². The smallest absolute Gasteiger partial charge is 0.335 e. The lowest BCUT2D eigenvalue weighted by molar-refractivity contribution is -0.142. The number of hydrogen-bond donors (Lipinski definition) is 3. The van der Waals surface area contributed by atoms with Gasteiger partial charge < -0.3 is 24.8 Å². The Kier molecular flexibility index (Phi) is 5.28. The van der Waals surface area contributed by atoms with Crippen LogP contribution >= 0.6 is 0 Å². The van der Waals surface area contributed by atoms with Crippen molar-refractivity contribution in [2.45, 2.75) is 5.92 Å². The number of esters is 2. The molecule has 0 amide bonds. The summed E-state index contributed by atoms with van der Waals surface area (Å²) in [7, 11) is 0. The van der Waals surface area contributed by atoms with E-state index in [1.165, 1.54) is 48.5 Å². The van der Waals surface area contributed by atoms with Gasteiger partial charge in [-0.1, -0.05) is 12.1 Å². The van der Waals surface area contributed by atoms with E-state index in [2.05, 4.69) is 0 Å². The van der Waals surface area contributed by atoms with Gasteiger partial charge in [-0.2, -0.15) is 0 Å². The van der Waals surface area contributed by atoms with Crippen molar-refractivity contribution < 1.29 is 48.8 Å². The number of aromatic carboxylic acids is 1. The minimum absolute atomic E-state index is 0.0356. The van der Waals surface area contributed by atoms with E-state index in [4.69, 9.17) is 9.47 Å². The van der Waals surface area contributed by atoms with Crippen LogP contribution in [-0.2, 0) is 9.59 Å². The zero-order valence-corrected chi connectivity index (χ0v) is 18.2. The average Bonchev–Trinajstić information content (AvgIpc) is 2.82. The minimum atomic E-state index is -1.65. The molecular formula is C26H16O10. The number of ether oxygens (including phenoxy) is 2. The molecule has 3 aromatic rings. The highest BCUT2D eigenvalue weighted by Crippen LogP contribution is 2.45. The number of fused-ring (bicyclic) bond motifs is 2. The highest BCUT2D eigenvalue weighted by atomic mass is 16.5. The number of carbonyl (C=O) groups excluding carboxylic acids is 4. The van der Waals surface area contributed by atoms with Gasteiger partial charge in [-0.25, -0.2) is 4.79 Å². The monoisotopic (exact) mass is 488 g/mol. The average molecular weight is 488 g/mol. The number of carboxylic acids is 1. The van der Waals surface area contributed by atoms with E-state index >= 15 is 0 Å². The van der Waals surface area contributed by atoms with Crippen molar-refractivity contribution in [3.8, 4) is 23.0 Å². The molecule has 3 N–H and O–H groups in total. The number of carbonyl (C=O) groups is 5. The van der Waals surface area contributed by atoms with Crippen molar-refractivity contribution in [2.75, 3.05) is 0 Å². The summed E-state index contributed by atoms with van der Waals surface area (Å²) in [6.45, 7) is 0. The van der Waals surface area contributed by atoms with Gasteiger partial charge in [-0.05, 0) is 42.0 Å². The van der Waals surface area contributed by atoms with Crippen LogP contribution in [0.3, 0.4) is 0 Å². The lowest BCUT2D eigenvalue weighted by Gasteiger charge is -2.34. The Labute approximate surface area is 202 Å². The third kappa shape index (κ3) is 3.65. The first-order valence-electron chi connectivity index (χ1n) is 10.7. The second-order valence-electron chi connectivity index (χ2n) is 8.34.